The van der Waals surface area contributed by atoms with Crippen molar-refractivity contribution in [2.24, 2.45) is 0 Å². The number of anilines is 1. The van der Waals surface area contributed by atoms with E-state index < -0.39 is 5.72 Å². The van der Waals surface area contributed by atoms with Crippen LogP contribution in [-0.2, 0) is 5.72 Å². The molecule has 0 unspecified atom stereocenters. The van der Waals surface area contributed by atoms with E-state index in [4.69, 9.17) is 4.74 Å². The lowest BCUT2D eigenvalue weighted by Gasteiger charge is -2.43. The molecule has 3 aromatic carbocycles. The highest BCUT2D eigenvalue weighted by atomic mass is 16.5. The van der Waals surface area contributed by atoms with Gasteiger partial charge in [0.05, 0.1) is 11.3 Å². The molecule has 25 heavy (non-hydrogen) atoms. The lowest BCUT2D eigenvalue weighted by molar-refractivity contribution is 0.0727. The Morgan fingerprint density at radius 3 is 2.24 bits per heavy atom. The van der Waals surface area contributed by atoms with Gasteiger partial charge in [-0.2, -0.15) is 0 Å². The summed E-state index contributed by atoms with van der Waals surface area (Å²) < 4.78 is 6.50. The predicted octanol–water partition coefficient (Wildman–Crippen LogP) is 4.61. The van der Waals surface area contributed by atoms with E-state index in [1.54, 1.807) is 11.0 Å². The smallest absolute Gasteiger partial charge is 0.265 e. The van der Waals surface area contributed by atoms with Gasteiger partial charge in [0.15, 0.2) is 0 Å². The zero-order valence-electron chi connectivity index (χ0n) is 13.5. The maximum absolute atomic E-state index is 13.4. The monoisotopic (exact) mass is 325 g/mol. The van der Waals surface area contributed by atoms with Gasteiger partial charge >= 0.3 is 0 Å². The van der Waals surface area contributed by atoms with Crippen molar-refractivity contribution < 1.29 is 9.53 Å². The van der Waals surface area contributed by atoms with E-state index in [0.717, 1.165) is 22.4 Å². The van der Waals surface area contributed by atoms with Crippen LogP contribution < -0.4 is 9.64 Å². The van der Waals surface area contributed by atoms with Crippen molar-refractivity contribution in [2.45, 2.75) is 5.72 Å². The van der Waals surface area contributed by atoms with Gasteiger partial charge in [-0.3, -0.25) is 9.69 Å². The second-order valence-corrected chi connectivity index (χ2v) is 6.24. The van der Waals surface area contributed by atoms with Crippen molar-refractivity contribution in [3.05, 3.63) is 102 Å². The van der Waals surface area contributed by atoms with Crippen molar-refractivity contribution in [1.29, 1.82) is 0 Å². The van der Waals surface area contributed by atoms with Gasteiger partial charge in [-0.15, -0.1) is 0 Å². The molecule has 1 atom stereocenters. The number of nitrogens with zero attached hydrogens (tertiary/aromatic N) is 1. The Morgan fingerprint density at radius 2 is 1.44 bits per heavy atom. The summed E-state index contributed by atoms with van der Waals surface area (Å²) in [6.07, 6.45) is 0. The molecule has 0 bridgehead atoms. The molecule has 0 aromatic heterocycles. The first-order valence-corrected chi connectivity index (χ1v) is 8.20. The number of hydrogen-bond donors (Lipinski definition) is 0. The molecule has 120 valence electrons. The lowest BCUT2D eigenvalue weighted by atomic mass is 9.91. The Kier molecular flexibility index (Phi) is 2.72. The number of carbonyl (C=O) groups is 1. The summed E-state index contributed by atoms with van der Waals surface area (Å²) in [6.45, 7) is 4.32. The molecule has 3 nitrogen and oxygen atoms in total. The number of ether oxygens (including phenoxy) is 1. The Bertz CT molecular complexity index is 1020. The Labute approximate surface area is 145 Å². The number of fused-ring (bicyclic) bond motifs is 4. The van der Waals surface area contributed by atoms with Crippen LogP contribution in [0.3, 0.4) is 0 Å². The largest absolute Gasteiger partial charge is 0.458 e. The zero-order chi connectivity index (χ0) is 17.0. The van der Waals surface area contributed by atoms with E-state index in [0.29, 0.717) is 11.3 Å². The number of hydrogen-bond acceptors (Lipinski definition) is 2. The summed E-state index contributed by atoms with van der Waals surface area (Å²) in [6, 6.07) is 25.0. The van der Waals surface area contributed by atoms with E-state index >= 15 is 0 Å². The fourth-order valence-corrected chi connectivity index (χ4v) is 3.81. The van der Waals surface area contributed by atoms with E-state index in [1.165, 1.54) is 0 Å². The molecule has 2 aliphatic heterocycles. The molecule has 2 heterocycles. The van der Waals surface area contributed by atoms with Gasteiger partial charge in [0.1, 0.15) is 5.75 Å². The molecule has 0 aliphatic carbocycles. The minimum Gasteiger partial charge on any atom is -0.458 e. The van der Waals surface area contributed by atoms with Gasteiger partial charge in [-0.1, -0.05) is 67.2 Å². The Balaban J connectivity index is 1.86. The highest BCUT2D eigenvalue weighted by molar-refractivity contribution is 6.15. The number of amides is 1. The summed E-state index contributed by atoms with van der Waals surface area (Å²) in [5.41, 5.74) is 2.95. The van der Waals surface area contributed by atoms with Crippen LogP contribution in [0.25, 0.3) is 5.57 Å². The van der Waals surface area contributed by atoms with Gasteiger partial charge in [0.2, 0.25) is 5.72 Å². The molecule has 2 aliphatic rings. The first-order chi connectivity index (χ1) is 12.2. The van der Waals surface area contributed by atoms with Crippen LogP contribution in [0.1, 0.15) is 21.5 Å². The van der Waals surface area contributed by atoms with Crippen LogP contribution in [0.2, 0.25) is 0 Å². The minimum atomic E-state index is -1.05. The van der Waals surface area contributed by atoms with Crippen LogP contribution in [0.15, 0.2) is 85.4 Å². The van der Waals surface area contributed by atoms with Gasteiger partial charge in [-0.05, 0) is 18.2 Å². The third-order valence-electron chi connectivity index (χ3n) is 4.94. The summed E-state index contributed by atoms with van der Waals surface area (Å²) >= 11 is 0. The van der Waals surface area contributed by atoms with Crippen LogP contribution in [-0.4, -0.2) is 5.91 Å². The number of para-hydroxylation sites is 2. The van der Waals surface area contributed by atoms with Crippen LogP contribution >= 0.6 is 0 Å². The average Bonchev–Trinajstić information content (AvgIpc) is 2.93. The maximum Gasteiger partial charge on any atom is 0.265 e. The molecular weight excluding hydrogens is 310 g/mol. The molecule has 0 N–H and O–H groups in total. The summed E-state index contributed by atoms with van der Waals surface area (Å²) in [5.74, 6) is 0.512. The highest BCUT2D eigenvalue weighted by Crippen LogP contribution is 2.55. The van der Waals surface area contributed by atoms with Crippen LogP contribution in [0.4, 0.5) is 5.69 Å². The van der Waals surface area contributed by atoms with Crippen LogP contribution in [0.5, 0.6) is 5.75 Å². The number of carbonyl (C=O) groups excluding carboxylic acids is 1. The first-order valence-electron chi connectivity index (χ1n) is 8.20. The summed E-state index contributed by atoms with van der Waals surface area (Å²) in [7, 11) is 0. The summed E-state index contributed by atoms with van der Waals surface area (Å²) in [4.78, 5) is 15.1. The molecule has 0 saturated heterocycles. The van der Waals surface area contributed by atoms with E-state index in [9.17, 15) is 4.79 Å². The van der Waals surface area contributed by atoms with Gasteiger partial charge in [0, 0.05) is 16.7 Å². The van der Waals surface area contributed by atoms with Crippen molar-refractivity contribution in [1.82, 2.24) is 0 Å². The van der Waals surface area contributed by atoms with E-state index in [1.807, 2.05) is 72.8 Å². The third kappa shape index (κ3) is 1.67. The highest BCUT2D eigenvalue weighted by Gasteiger charge is 2.56. The molecule has 5 rings (SSSR count). The SMILES string of the molecule is C=C1c2ccccc2N2C(=O)c3ccccc3O[C@]12c1ccccc1. The number of rotatable bonds is 1. The zero-order valence-corrected chi connectivity index (χ0v) is 13.5. The van der Waals surface area contributed by atoms with Crippen molar-refractivity contribution in [2.75, 3.05) is 4.90 Å². The number of benzene rings is 3. The normalized spacial score (nSPS) is 20.6. The standard InChI is InChI=1S/C22H15NO2/c1-15-17-11-5-7-13-19(17)23-21(24)18-12-6-8-14-20(18)25-22(15,23)16-9-3-2-4-10-16/h2-14H,1H2/t22-/m0/s1. The maximum atomic E-state index is 13.4. The minimum absolute atomic E-state index is 0.0724. The molecule has 0 spiro atoms. The molecule has 0 radical (unpaired) electrons. The lowest BCUT2D eigenvalue weighted by Crippen LogP contribution is -2.54. The second kappa shape index (κ2) is 4.84. The second-order valence-electron chi connectivity index (χ2n) is 6.24. The van der Waals surface area contributed by atoms with Crippen molar-refractivity contribution in [3.63, 3.8) is 0 Å². The van der Waals surface area contributed by atoms with Gasteiger partial charge in [0.25, 0.3) is 5.91 Å². The van der Waals surface area contributed by atoms with Crippen molar-refractivity contribution >= 4 is 17.2 Å². The molecule has 3 heteroatoms. The van der Waals surface area contributed by atoms with Gasteiger partial charge < -0.3 is 4.74 Å². The average molecular weight is 325 g/mol. The molecule has 0 fully saturated rings. The first kappa shape index (κ1) is 14.1. The Hall–Kier alpha value is -3.33. The Morgan fingerprint density at radius 1 is 0.800 bits per heavy atom. The third-order valence-corrected chi connectivity index (χ3v) is 4.94. The fraction of sp³-hybridized carbons (Fsp3) is 0.0455. The van der Waals surface area contributed by atoms with Crippen LogP contribution in [0, 0.1) is 0 Å². The summed E-state index contributed by atoms with van der Waals surface area (Å²) in [5, 5.41) is 0. The van der Waals surface area contributed by atoms with E-state index in [-0.39, 0.29) is 5.91 Å². The van der Waals surface area contributed by atoms with E-state index in [2.05, 4.69) is 6.58 Å². The topological polar surface area (TPSA) is 29.5 Å². The fourth-order valence-electron chi connectivity index (χ4n) is 3.81. The van der Waals surface area contributed by atoms with Crippen molar-refractivity contribution in [3.8, 4) is 5.75 Å². The molecular formula is C22H15NO2. The predicted molar refractivity (Wildman–Crippen MR) is 97.5 cm³/mol. The molecule has 0 saturated carbocycles. The van der Waals surface area contributed by atoms with Gasteiger partial charge in [-0.25, -0.2) is 0 Å². The quantitative estimate of drug-likeness (QED) is 0.654. The molecule has 1 amide bonds. The molecule has 3 aromatic rings.